The van der Waals surface area contributed by atoms with Gasteiger partial charge in [0.2, 0.25) is 0 Å². The van der Waals surface area contributed by atoms with Gasteiger partial charge in [0.1, 0.15) is 12.4 Å². The number of ether oxygens (including phenoxy) is 1. The highest BCUT2D eigenvalue weighted by Gasteiger charge is 2.06. The second kappa shape index (κ2) is 8.99. The van der Waals surface area contributed by atoms with Gasteiger partial charge in [0.05, 0.1) is 6.33 Å². The molecule has 0 aliphatic carbocycles. The fraction of sp³-hybridized carbons (Fsp3) is 0.300. The van der Waals surface area contributed by atoms with Crippen LogP contribution in [0.5, 0.6) is 5.75 Å². The minimum absolute atomic E-state index is 0.526. The third-order valence-corrected chi connectivity index (χ3v) is 3.98. The standard InChI is InChI=1S/C20H24N4O/c1-17(14-24-10-9-22-16-24)11-23-13-19-6-2-3-7-20(19)25-15-18-5-4-8-21-12-18/h2-10,12,16-17,23H,11,13-15H2,1H3. The van der Waals surface area contributed by atoms with E-state index in [-0.39, 0.29) is 0 Å². The Labute approximate surface area is 148 Å². The summed E-state index contributed by atoms with van der Waals surface area (Å²) in [7, 11) is 0. The zero-order chi connectivity index (χ0) is 17.3. The van der Waals surface area contributed by atoms with Crippen molar-refractivity contribution in [3.63, 3.8) is 0 Å². The van der Waals surface area contributed by atoms with Crippen molar-refractivity contribution >= 4 is 0 Å². The Morgan fingerprint density at radius 1 is 1.12 bits per heavy atom. The van der Waals surface area contributed by atoms with Gasteiger partial charge in [0.25, 0.3) is 0 Å². The normalized spacial score (nSPS) is 12.0. The smallest absolute Gasteiger partial charge is 0.124 e. The minimum atomic E-state index is 0.526. The van der Waals surface area contributed by atoms with E-state index in [1.165, 1.54) is 5.56 Å². The number of hydrogen-bond donors (Lipinski definition) is 1. The Bertz CT molecular complexity index is 743. The van der Waals surface area contributed by atoms with Crippen molar-refractivity contribution in [2.45, 2.75) is 26.6 Å². The van der Waals surface area contributed by atoms with E-state index in [9.17, 15) is 0 Å². The van der Waals surface area contributed by atoms with Gasteiger partial charge in [-0.3, -0.25) is 4.98 Å². The van der Waals surface area contributed by atoms with E-state index in [4.69, 9.17) is 4.74 Å². The Hall–Kier alpha value is -2.66. The quantitative estimate of drug-likeness (QED) is 0.651. The van der Waals surface area contributed by atoms with Crippen LogP contribution >= 0.6 is 0 Å². The maximum absolute atomic E-state index is 5.97. The van der Waals surface area contributed by atoms with E-state index >= 15 is 0 Å². The molecular formula is C20H24N4O. The molecule has 1 atom stereocenters. The van der Waals surface area contributed by atoms with Crippen LogP contribution in [-0.4, -0.2) is 21.1 Å². The number of hydrogen-bond acceptors (Lipinski definition) is 4. The topological polar surface area (TPSA) is 52.0 Å². The van der Waals surface area contributed by atoms with Gasteiger partial charge in [-0.1, -0.05) is 31.2 Å². The number of nitrogens with one attached hydrogen (secondary N) is 1. The number of benzene rings is 1. The number of para-hydroxylation sites is 1. The summed E-state index contributed by atoms with van der Waals surface area (Å²) in [5.41, 5.74) is 2.24. The molecule has 1 N–H and O–H groups in total. The van der Waals surface area contributed by atoms with Crippen LogP contribution in [0.2, 0.25) is 0 Å². The zero-order valence-corrected chi connectivity index (χ0v) is 14.5. The molecule has 3 rings (SSSR count). The lowest BCUT2D eigenvalue weighted by atomic mass is 10.1. The van der Waals surface area contributed by atoms with Crippen LogP contribution in [0.25, 0.3) is 0 Å². The molecule has 5 heteroatoms. The average Bonchev–Trinajstić information content (AvgIpc) is 3.15. The van der Waals surface area contributed by atoms with E-state index < -0.39 is 0 Å². The highest BCUT2D eigenvalue weighted by Crippen LogP contribution is 2.19. The summed E-state index contributed by atoms with van der Waals surface area (Å²) >= 11 is 0. The summed E-state index contributed by atoms with van der Waals surface area (Å²) in [5.74, 6) is 1.44. The van der Waals surface area contributed by atoms with Crippen molar-refractivity contribution in [2.75, 3.05) is 6.54 Å². The molecule has 2 heterocycles. The van der Waals surface area contributed by atoms with Gasteiger partial charge in [-0.25, -0.2) is 4.98 Å². The van der Waals surface area contributed by atoms with Gasteiger partial charge in [-0.05, 0) is 24.6 Å². The number of aromatic nitrogens is 3. The Kier molecular flexibility index (Phi) is 6.17. The SMILES string of the molecule is CC(CNCc1ccccc1OCc1cccnc1)Cn1ccnc1. The molecule has 1 aromatic carbocycles. The molecule has 1 unspecified atom stereocenters. The van der Waals surface area contributed by atoms with Gasteiger partial charge in [0.15, 0.2) is 0 Å². The molecule has 0 aliphatic heterocycles. The lowest BCUT2D eigenvalue weighted by molar-refractivity contribution is 0.301. The van der Waals surface area contributed by atoms with E-state index in [1.54, 1.807) is 6.20 Å². The van der Waals surface area contributed by atoms with Crippen molar-refractivity contribution in [1.29, 1.82) is 0 Å². The van der Waals surface area contributed by atoms with Gasteiger partial charge in [0, 0.05) is 49.0 Å². The largest absolute Gasteiger partial charge is 0.489 e. The van der Waals surface area contributed by atoms with Crippen LogP contribution in [0.1, 0.15) is 18.1 Å². The highest BCUT2D eigenvalue weighted by atomic mass is 16.5. The Morgan fingerprint density at radius 3 is 2.84 bits per heavy atom. The van der Waals surface area contributed by atoms with Crippen molar-refractivity contribution in [3.05, 3.63) is 78.6 Å². The van der Waals surface area contributed by atoms with Gasteiger partial charge in [-0.2, -0.15) is 0 Å². The molecule has 0 fully saturated rings. The Morgan fingerprint density at radius 2 is 2.04 bits per heavy atom. The number of imidazole rings is 1. The summed E-state index contributed by atoms with van der Waals surface area (Å²) in [6.07, 6.45) is 9.27. The summed E-state index contributed by atoms with van der Waals surface area (Å²) < 4.78 is 8.08. The fourth-order valence-electron chi connectivity index (χ4n) is 2.71. The van der Waals surface area contributed by atoms with E-state index in [2.05, 4.69) is 32.8 Å². The predicted molar refractivity (Wildman–Crippen MR) is 98.1 cm³/mol. The monoisotopic (exact) mass is 336 g/mol. The molecule has 0 spiro atoms. The first kappa shape index (κ1) is 17.2. The van der Waals surface area contributed by atoms with Gasteiger partial charge >= 0.3 is 0 Å². The van der Waals surface area contributed by atoms with Crippen LogP contribution in [0.15, 0.2) is 67.5 Å². The second-order valence-electron chi connectivity index (χ2n) is 6.25. The number of nitrogens with zero attached hydrogens (tertiary/aromatic N) is 3. The van der Waals surface area contributed by atoms with Gasteiger partial charge in [-0.15, -0.1) is 0 Å². The maximum atomic E-state index is 5.97. The first-order chi connectivity index (χ1) is 12.3. The lowest BCUT2D eigenvalue weighted by Crippen LogP contribution is -2.23. The van der Waals surface area contributed by atoms with E-state index in [0.29, 0.717) is 12.5 Å². The summed E-state index contributed by atoms with van der Waals surface area (Å²) in [4.78, 5) is 8.20. The summed E-state index contributed by atoms with van der Waals surface area (Å²) in [5, 5.41) is 3.53. The Balaban J connectivity index is 1.49. The van der Waals surface area contributed by atoms with Gasteiger partial charge < -0.3 is 14.6 Å². The van der Waals surface area contributed by atoms with Crippen LogP contribution in [0.3, 0.4) is 0 Å². The highest BCUT2D eigenvalue weighted by molar-refractivity contribution is 5.33. The van der Waals surface area contributed by atoms with E-state index in [0.717, 1.165) is 30.9 Å². The second-order valence-corrected chi connectivity index (χ2v) is 6.25. The maximum Gasteiger partial charge on any atom is 0.124 e. The molecule has 0 amide bonds. The molecule has 0 saturated heterocycles. The molecule has 3 aromatic rings. The first-order valence-electron chi connectivity index (χ1n) is 8.57. The van der Waals surface area contributed by atoms with Crippen LogP contribution in [0, 0.1) is 5.92 Å². The average molecular weight is 336 g/mol. The van der Waals surface area contributed by atoms with Crippen molar-refractivity contribution in [3.8, 4) is 5.75 Å². The molecular weight excluding hydrogens is 312 g/mol. The van der Waals surface area contributed by atoms with E-state index in [1.807, 2.05) is 55.2 Å². The first-order valence-corrected chi connectivity index (χ1v) is 8.57. The van der Waals surface area contributed by atoms with Crippen molar-refractivity contribution in [1.82, 2.24) is 19.9 Å². The number of rotatable bonds is 9. The third-order valence-electron chi connectivity index (χ3n) is 3.98. The molecule has 0 bridgehead atoms. The predicted octanol–water partition coefficient (Wildman–Crippen LogP) is 3.28. The number of pyridine rings is 1. The molecule has 0 saturated carbocycles. The van der Waals surface area contributed by atoms with Crippen LogP contribution < -0.4 is 10.1 Å². The molecule has 130 valence electrons. The zero-order valence-electron chi connectivity index (χ0n) is 14.5. The van der Waals surface area contributed by atoms with Crippen molar-refractivity contribution < 1.29 is 4.74 Å². The molecule has 25 heavy (non-hydrogen) atoms. The molecule has 0 aliphatic rings. The molecule has 0 radical (unpaired) electrons. The third kappa shape index (κ3) is 5.43. The molecule has 5 nitrogen and oxygen atoms in total. The molecule has 2 aromatic heterocycles. The van der Waals surface area contributed by atoms with Crippen LogP contribution in [0.4, 0.5) is 0 Å². The summed E-state index contributed by atoms with van der Waals surface area (Å²) in [6, 6.07) is 12.1. The van der Waals surface area contributed by atoms with Crippen LogP contribution in [-0.2, 0) is 19.7 Å². The lowest BCUT2D eigenvalue weighted by Gasteiger charge is -2.15. The minimum Gasteiger partial charge on any atom is -0.489 e. The van der Waals surface area contributed by atoms with Crippen molar-refractivity contribution in [2.24, 2.45) is 5.92 Å². The fourth-order valence-corrected chi connectivity index (χ4v) is 2.71. The summed E-state index contributed by atoms with van der Waals surface area (Å²) in [6.45, 7) is 5.46.